The number of methoxy groups -OCH3 is 1. The number of ether oxygens (including phenoxy) is 1. The summed E-state index contributed by atoms with van der Waals surface area (Å²) in [6, 6.07) is 15.4. The van der Waals surface area contributed by atoms with Crippen LogP contribution < -0.4 is 4.74 Å². The van der Waals surface area contributed by atoms with Gasteiger partial charge in [-0.3, -0.25) is 4.79 Å². The highest BCUT2D eigenvalue weighted by molar-refractivity contribution is 5.75. The van der Waals surface area contributed by atoms with E-state index in [2.05, 4.69) is 15.4 Å². The van der Waals surface area contributed by atoms with E-state index in [9.17, 15) is 4.79 Å². The predicted octanol–water partition coefficient (Wildman–Crippen LogP) is 2.32. The molecule has 0 atom stereocenters. The summed E-state index contributed by atoms with van der Waals surface area (Å²) in [5, 5.41) is 12.4. The van der Waals surface area contributed by atoms with Gasteiger partial charge in [-0.25, -0.2) is 0 Å². The van der Waals surface area contributed by atoms with Crippen LogP contribution in [-0.2, 0) is 17.9 Å². The molecule has 3 aromatic rings. The van der Waals surface area contributed by atoms with Gasteiger partial charge in [0.2, 0.25) is 11.7 Å². The molecule has 0 spiro atoms. The molecule has 3 rings (SSSR count). The first-order valence-corrected chi connectivity index (χ1v) is 8.28. The minimum absolute atomic E-state index is 0.0323. The maximum atomic E-state index is 12.5. The van der Waals surface area contributed by atoms with Crippen LogP contribution in [0.1, 0.15) is 11.1 Å². The second-order valence-electron chi connectivity index (χ2n) is 6.02. The molecule has 0 saturated heterocycles. The van der Waals surface area contributed by atoms with Gasteiger partial charge in [0.15, 0.2) is 0 Å². The Balaban J connectivity index is 1.67. The van der Waals surface area contributed by atoms with Crippen LogP contribution in [0.25, 0.3) is 11.4 Å². The zero-order valence-electron chi connectivity index (χ0n) is 15.1. The quantitative estimate of drug-likeness (QED) is 0.681. The van der Waals surface area contributed by atoms with Gasteiger partial charge in [0.25, 0.3) is 0 Å². The van der Waals surface area contributed by atoms with Gasteiger partial charge in [-0.05, 0) is 23.8 Å². The Bertz CT molecular complexity index is 906. The molecule has 7 nitrogen and oxygen atoms in total. The number of hydrogen-bond acceptors (Lipinski definition) is 5. The number of aromatic nitrogens is 4. The molecule has 0 unspecified atom stereocenters. The lowest BCUT2D eigenvalue weighted by Gasteiger charge is -2.18. The molecule has 1 aromatic heterocycles. The van der Waals surface area contributed by atoms with E-state index in [-0.39, 0.29) is 12.5 Å². The van der Waals surface area contributed by atoms with E-state index < -0.39 is 0 Å². The average molecular weight is 351 g/mol. The van der Waals surface area contributed by atoms with Gasteiger partial charge in [-0.1, -0.05) is 42.5 Å². The van der Waals surface area contributed by atoms with Crippen LogP contribution in [0.2, 0.25) is 0 Å². The molecule has 0 bridgehead atoms. The van der Waals surface area contributed by atoms with Crippen LogP contribution in [0.5, 0.6) is 5.75 Å². The van der Waals surface area contributed by atoms with E-state index in [1.165, 1.54) is 4.80 Å². The standard InChI is InChI=1S/C19H21N5O2/c1-14-8-4-6-10-16(14)19-20-22-24(21-19)13-18(25)23(2)12-15-9-5-7-11-17(15)26-3/h4-11H,12-13H2,1-3H3. The zero-order chi connectivity index (χ0) is 18.5. The number of carbonyl (C=O) groups is 1. The van der Waals surface area contributed by atoms with Gasteiger partial charge in [-0.15, -0.1) is 10.2 Å². The highest BCUT2D eigenvalue weighted by Gasteiger charge is 2.15. The third-order valence-electron chi connectivity index (χ3n) is 4.14. The molecular weight excluding hydrogens is 330 g/mol. The Kier molecular flexibility index (Phi) is 5.26. The summed E-state index contributed by atoms with van der Waals surface area (Å²) in [5.74, 6) is 1.17. The molecule has 0 aliphatic heterocycles. The van der Waals surface area contributed by atoms with E-state index >= 15 is 0 Å². The Morgan fingerprint density at radius 3 is 2.65 bits per heavy atom. The molecule has 0 N–H and O–H groups in total. The number of likely N-dealkylation sites (N-methyl/N-ethyl adjacent to an activating group) is 1. The predicted molar refractivity (Wildman–Crippen MR) is 97.5 cm³/mol. The van der Waals surface area contributed by atoms with E-state index in [4.69, 9.17) is 4.74 Å². The average Bonchev–Trinajstić information content (AvgIpc) is 3.10. The van der Waals surface area contributed by atoms with Crippen molar-refractivity contribution in [2.24, 2.45) is 0 Å². The number of nitrogens with zero attached hydrogens (tertiary/aromatic N) is 5. The first kappa shape index (κ1) is 17.6. The number of rotatable bonds is 6. The normalized spacial score (nSPS) is 10.6. The van der Waals surface area contributed by atoms with Crippen molar-refractivity contribution in [3.05, 3.63) is 59.7 Å². The summed E-state index contributed by atoms with van der Waals surface area (Å²) in [6.07, 6.45) is 0. The molecule has 2 aromatic carbocycles. The van der Waals surface area contributed by atoms with Crippen molar-refractivity contribution in [2.75, 3.05) is 14.2 Å². The fourth-order valence-electron chi connectivity index (χ4n) is 2.66. The van der Waals surface area contributed by atoms with Crippen molar-refractivity contribution in [3.8, 4) is 17.1 Å². The molecule has 7 heteroatoms. The Labute approximate surface area is 152 Å². The van der Waals surface area contributed by atoms with Crippen LogP contribution in [0, 0.1) is 6.92 Å². The summed E-state index contributed by atoms with van der Waals surface area (Å²) in [7, 11) is 3.36. The number of amides is 1. The third kappa shape index (κ3) is 3.88. The van der Waals surface area contributed by atoms with E-state index in [0.717, 1.165) is 22.4 Å². The topological polar surface area (TPSA) is 73.1 Å². The summed E-state index contributed by atoms with van der Waals surface area (Å²) in [4.78, 5) is 15.4. The minimum atomic E-state index is -0.107. The summed E-state index contributed by atoms with van der Waals surface area (Å²) in [5.41, 5.74) is 2.92. The second kappa shape index (κ2) is 7.77. The SMILES string of the molecule is COc1ccccc1CN(C)C(=O)Cn1nnc(-c2ccccc2C)n1. The number of carbonyl (C=O) groups excluding carboxylic acids is 1. The fraction of sp³-hybridized carbons (Fsp3) is 0.263. The molecule has 0 aliphatic carbocycles. The number of aryl methyl sites for hydroxylation is 1. The van der Waals surface area contributed by atoms with Crippen molar-refractivity contribution in [2.45, 2.75) is 20.0 Å². The van der Waals surface area contributed by atoms with E-state index in [0.29, 0.717) is 12.4 Å². The summed E-state index contributed by atoms with van der Waals surface area (Å²) < 4.78 is 5.33. The molecule has 0 aliphatic rings. The van der Waals surface area contributed by atoms with Crippen LogP contribution in [0.4, 0.5) is 0 Å². The maximum Gasteiger partial charge on any atom is 0.246 e. The molecule has 1 amide bonds. The van der Waals surface area contributed by atoms with Crippen molar-refractivity contribution in [3.63, 3.8) is 0 Å². The molecule has 0 saturated carbocycles. The van der Waals surface area contributed by atoms with Crippen LogP contribution in [0.3, 0.4) is 0 Å². The lowest BCUT2D eigenvalue weighted by atomic mass is 10.1. The monoisotopic (exact) mass is 351 g/mol. The van der Waals surface area contributed by atoms with Crippen LogP contribution in [-0.4, -0.2) is 45.2 Å². The van der Waals surface area contributed by atoms with Crippen LogP contribution in [0.15, 0.2) is 48.5 Å². The first-order chi connectivity index (χ1) is 12.6. The number of hydrogen-bond donors (Lipinski definition) is 0. The van der Waals surface area contributed by atoms with Crippen LogP contribution >= 0.6 is 0 Å². The lowest BCUT2D eigenvalue weighted by molar-refractivity contribution is -0.131. The van der Waals surface area contributed by atoms with Gasteiger partial charge >= 0.3 is 0 Å². The van der Waals surface area contributed by atoms with Gasteiger partial charge in [-0.2, -0.15) is 4.80 Å². The third-order valence-corrected chi connectivity index (χ3v) is 4.14. The van der Waals surface area contributed by atoms with E-state index in [1.807, 2.05) is 55.5 Å². The molecule has 1 heterocycles. The smallest absolute Gasteiger partial charge is 0.246 e. The van der Waals surface area contributed by atoms with Gasteiger partial charge in [0.05, 0.1) is 7.11 Å². The Hall–Kier alpha value is -3.22. The highest BCUT2D eigenvalue weighted by Crippen LogP contribution is 2.19. The van der Waals surface area contributed by atoms with Gasteiger partial charge < -0.3 is 9.64 Å². The summed E-state index contributed by atoms with van der Waals surface area (Å²) in [6.45, 7) is 2.47. The fourth-order valence-corrected chi connectivity index (χ4v) is 2.66. The zero-order valence-corrected chi connectivity index (χ0v) is 15.1. The molecule has 26 heavy (non-hydrogen) atoms. The lowest BCUT2D eigenvalue weighted by Crippen LogP contribution is -2.30. The molecule has 0 radical (unpaired) electrons. The summed E-state index contributed by atoms with van der Waals surface area (Å²) >= 11 is 0. The molecular formula is C19H21N5O2. The Morgan fingerprint density at radius 1 is 1.15 bits per heavy atom. The molecule has 134 valence electrons. The van der Waals surface area contributed by atoms with Gasteiger partial charge in [0, 0.05) is 24.7 Å². The van der Waals surface area contributed by atoms with Crippen molar-refractivity contribution < 1.29 is 9.53 Å². The largest absolute Gasteiger partial charge is 0.496 e. The number of para-hydroxylation sites is 1. The maximum absolute atomic E-state index is 12.5. The Morgan fingerprint density at radius 2 is 1.88 bits per heavy atom. The van der Waals surface area contributed by atoms with Crippen molar-refractivity contribution in [1.82, 2.24) is 25.1 Å². The van der Waals surface area contributed by atoms with Gasteiger partial charge in [0.1, 0.15) is 12.3 Å². The first-order valence-electron chi connectivity index (χ1n) is 8.28. The van der Waals surface area contributed by atoms with Crippen molar-refractivity contribution >= 4 is 5.91 Å². The van der Waals surface area contributed by atoms with Crippen molar-refractivity contribution in [1.29, 1.82) is 0 Å². The molecule has 0 fully saturated rings. The second-order valence-corrected chi connectivity index (χ2v) is 6.02. The number of benzene rings is 2. The minimum Gasteiger partial charge on any atom is -0.496 e. The number of tetrazole rings is 1. The van der Waals surface area contributed by atoms with E-state index in [1.54, 1.807) is 19.1 Å². The highest BCUT2D eigenvalue weighted by atomic mass is 16.5.